The average molecular weight is 1770 g/mol. The minimum absolute atomic E-state index is 0.109. The summed E-state index contributed by atoms with van der Waals surface area (Å²) in [4.78, 5) is 141. The second-order valence-corrected chi connectivity index (χ2v) is 39.8. The largest absolute Gasteiger partial charge is 0.396 e. The van der Waals surface area contributed by atoms with Crippen LogP contribution in [0.4, 0.5) is 28.8 Å². The first-order valence-corrected chi connectivity index (χ1v) is 48.9. The molecular formula is C94H190N22O9. The molecule has 0 aromatic heterocycles. The zero-order chi connectivity index (χ0) is 94.3. The Bertz CT molecular complexity index is 2950. The lowest BCUT2D eigenvalue weighted by Crippen LogP contribution is -2.56. The second kappa shape index (κ2) is 58.1. The number of carbonyl (C=O) groups is 8. The molecule has 0 atom stereocenters. The summed E-state index contributed by atoms with van der Waals surface area (Å²) >= 11 is 0. The molecule has 2 saturated carbocycles. The fourth-order valence-electron chi connectivity index (χ4n) is 16.3. The van der Waals surface area contributed by atoms with Crippen molar-refractivity contribution in [2.24, 2.45) is 11.8 Å². The molecular weight excluding hydrogens is 1580 g/mol. The van der Waals surface area contributed by atoms with E-state index in [9.17, 15) is 38.4 Å². The second-order valence-electron chi connectivity index (χ2n) is 39.8. The molecule has 2 aliphatic carbocycles. The SMILES string of the molecule is CC(C)CN(C)C(=O)N1CCN(C(C)C)CC1.CC(C)N1CCN(C(=O)CC2CC2)CC1.CC(C)N1CCN(C(=O)CCCO)CC1.CC(C)N1CCN(C(=O)N(C)C(C)C)CC1.CC(C)N1CCN(C(=O)N(C)C)CC1.CC(C)N1CCN(C(=O)N(C)C2CC2)CC1.CCN(C)C(=O)N1CCN(C(C)C)CC1.CCN(CC)C(=O)N1CCN(C(C)(C)C)CC1. The van der Waals surface area contributed by atoms with Gasteiger partial charge in [0, 0.05) is 357 Å². The van der Waals surface area contributed by atoms with Gasteiger partial charge in [0.2, 0.25) is 11.8 Å². The Balaban J connectivity index is 0.000000369. The molecule has 0 aromatic rings. The maximum atomic E-state index is 12.2. The van der Waals surface area contributed by atoms with Crippen LogP contribution in [0.15, 0.2) is 0 Å². The van der Waals surface area contributed by atoms with Gasteiger partial charge < -0.3 is 73.7 Å². The Morgan fingerprint density at radius 2 is 0.608 bits per heavy atom. The fraction of sp³-hybridized carbons (Fsp3) is 0.915. The van der Waals surface area contributed by atoms with Crippen molar-refractivity contribution in [2.45, 2.75) is 271 Å². The van der Waals surface area contributed by atoms with Gasteiger partial charge in [-0.15, -0.1) is 0 Å². The molecule has 0 aromatic carbocycles. The minimum Gasteiger partial charge on any atom is -0.396 e. The van der Waals surface area contributed by atoms with Crippen LogP contribution in [0.5, 0.6) is 0 Å². The first-order valence-electron chi connectivity index (χ1n) is 48.9. The molecule has 0 bridgehead atoms. The molecule has 14 amide bonds. The molecule has 31 heteroatoms. The summed E-state index contributed by atoms with van der Waals surface area (Å²) in [7, 11) is 11.2. The molecule has 1 N–H and O–H groups in total. The Labute approximate surface area is 762 Å². The number of carbonyl (C=O) groups excluding carboxylic acids is 8. The van der Waals surface area contributed by atoms with Crippen LogP contribution in [0.25, 0.3) is 0 Å². The van der Waals surface area contributed by atoms with Gasteiger partial charge in [-0.2, -0.15) is 0 Å². The lowest BCUT2D eigenvalue weighted by Gasteiger charge is -2.43. The van der Waals surface area contributed by atoms with E-state index < -0.39 is 0 Å². The van der Waals surface area contributed by atoms with Gasteiger partial charge in [-0.25, -0.2) is 28.8 Å². The van der Waals surface area contributed by atoms with Crippen molar-refractivity contribution in [1.29, 1.82) is 0 Å². The van der Waals surface area contributed by atoms with Crippen molar-refractivity contribution in [3.05, 3.63) is 0 Å². The normalized spacial score (nSPS) is 19.5. The molecule has 125 heavy (non-hydrogen) atoms. The molecule has 730 valence electrons. The van der Waals surface area contributed by atoms with Crippen molar-refractivity contribution in [3.8, 4) is 0 Å². The van der Waals surface area contributed by atoms with Crippen LogP contribution in [-0.4, -0.2) is 505 Å². The average Bonchev–Trinajstić information content (AvgIpc) is 1.74. The van der Waals surface area contributed by atoms with Crippen LogP contribution in [0.1, 0.15) is 211 Å². The summed E-state index contributed by atoms with van der Waals surface area (Å²) in [5, 5.41) is 8.65. The monoisotopic (exact) mass is 1770 g/mol. The van der Waals surface area contributed by atoms with Gasteiger partial charge in [-0.3, -0.25) is 48.8 Å². The molecule has 8 heterocycles. The van der Waals surface area contributed by atoms with Crippen LogP contribution in [-0.2, 0) is 9.59 Å². The predicted octanol–water partition coefficient (Wildman–Crippen LogP) is 9.71. The number of hydrogen-bond acceptors (Lipinski definition) is 17. The molecule has 8 aliphatic heterocycles. The van der Waals surface area contributed by atoms with Gasteiger partial charge in [0.15, 0.2) is 0 Å². The van der Waals surface area contributed by atoms with Crippen molar-refractivity contribution in [2.75, 3.05) is 285 Å². The lowest BCUT2D eigenvalue weighted by atomic mass is 10.1. The fourth-order valence-corrected chi connectivity index (χ4v) is 16.3. The Morgan fingerprint density at radius 1 is 0.328 bits per heavy atom. The molecule has 0 spiro atoms. The van der Waals surface area contributed by atoms with E-state index in [4.69, 9.17) is 5.11 Å². The number of aliphatic hydroxyl groups is 1. The molecule has 10 fully saturated rings. The summed E-state index contributed by atoms with van der Waals surface area (Å²) in [6, 6.07) is 6.00. The third-order valence-corrected chi connectivity index (χ3v) is 26.2. The standard InChI is InChI=1S/2C13H27N3O.C12H23N3O.C12H25N3O.C12H22N2O.C11H23N3O.C11H22N2O2.C10H21N3O/c1-11(2)10-14(5)13(17)16-8-6-15(7-9-16)12(3)4;1-6-14(7-2)12(17)15-8-10-16(11-9-15)13(3,4)5;1-10(2)14-6-8-15(9-7-14)12(16)13(3)11-4-5-11;1-10(2)13(5)12(16)15-8-6-14(7-9-15)11(3)4;1-10(2)13-5-7-14(8-6-13)12(15)9-11-3-4-11;1-5-12(4)11(15)14-8-6-13(7-9-14)10(2)3;1-10(2)12-5-7-13(8-6-12)11(15)4-3-9-14;1-9(2)12-5-7-13(8-6-12)10(14)11(3)4/h11-12H,6-10H2,1-5H3;6-11H2,1-5H3;10-11H,4-9H2,1-3H3;10-11H,6-9H2,1-5H3;10-11H,3-9H2,1-2H3;10H,5-9H2,1-4H3;10,14H,3-9H2,1-2H3;9H,5-8H2,1-4H3. The highest BCUT2D eigenvalue weighted by atomic mass is 16.3. The summed E-state index contributed by atoms with van der Waals surface area (Å²) < 4.78 is 0. The van der Waals surface area contributed by atoms with E-state index in [-0.39, 0.29) is 60.3 Å². The first kappa shape index (κ1) is 113. The van der Waals surface area contributed by atoms with Crippen molar-refractivity contribution >= 4 is 48.0 Å². The van der Waals surface area contributed by atoms with Crippen molar-refractivity contribution < 1.29 is 43.5 Å². The topological polar surface area (TPSA) is 228 Å². The molecule has 10 rings (SSSR count). The highest BCUT2D eigenvalue weighted by Crippen LogP contribution is 2.33. The third kappa shape index (κ3) is 41.5. The van der Waals surface area contributed by atoms with Crippen LogP contribution < -0.4 is 0 Å². The summed E-state index contributed by atoms with van der Waals surface area (Å²) in [5.41, 5.74) is 0.213. The van der Waals surface area contributed by atoms with Crippen molar-refractivity contribution in [1.82, 2.24) is 108 Å². The maximum absolute atomic E-state index is 12.2. The van der Waals surface area contributed by atoms with Gasteiger partial charge in [-0.05, 0) is 196 Å². The quantitative estimate of drug-likeness (QED) is 0.127. The van der Waals surface area contributed by atoms with Gasteiger partial charge in [-0.1, -0.05) is 13.8 Å². The van der Waals surface area contributed by atoms with E-state index in [0.717, 1.165) is 248 Å². The Hall–Kier alpha value is -5.80. The zero-order valence-electron chi connectivity index (χ0n) is 85.5. The van der Waals surface area contributed by atoms with Crippen molar-refractivity contribution in [3.63, 3.8) is 0 Å². The molecule has 0 unspecified atom stereocenters. The highest BCUT2D eigenvalue weighted by Gasteiger charge is 2.36. The number of piperazine rings is 8. The molecule has 8 saturated heterocycles. The number of hydrogen-bond donors (Lipinski definition) is 1. The van der Waals surface area contributed by atoms with Gasteiger partial charge in [0.05, 0.1) is 0 Å². The molecule has 10 aliphatic rings. The van der Waals surface area contributed by atoms with E-state index in [2.05, 4.69) is 176 Å². The van der Waals surface area contributed by atoms with Gasteiger partial charge in [0.25, 0.3) is 0 Å². The molecule has 0 radical (unpaired) electrons. The Kier molecular flexibility index (Phi) is 52.7. The number of amides is 14. The van der Waals surface area contributed by atoms with E-state index >= 15 is 0 Å². The van der Waals surface area contributed by atoms with Gasteiger partial charge in [0.1, 0.15) is 0 Å². The number of aliphatic hydroxyl groups excluding tert-OH is 1. The van der Waals surface area contributed by atoms with Crippen LogP contribution >= 0.6 is 0 Å². The van der Waals surface area contributed by atoms with Gasteiger partial charge >= 0.3 is 36.2 Å². The highest BCUT2D eigenvalue weighted by molar-refractivity contribution is 5.78. The maximum Gasteiger partial charge on any atom is 0.320 e. The van der Waals surface area contributed by atoms with E-state index in [0.29, 0.717) is 73.0 Å². The minimum atomic E-state index is 0.109. The third-order valence-electron chi connectivity index (χ3n) is 26.2. The van der Waals surface area contributed by atoms with Crippen LogP contribution in [0.2, 0.25) is 0 Å². The number of nitrogens with zero attached hydrogens (tertiary/aromatic N) is 22. The van der Waals surface area contributed by atoms with E-state index in [1.54, 1.807) is 23.9 Å². The lowest BCUT2D eigenvalue weighted by molar-refractivity contribution is -0.134. The predicted molar refractivity (Wildman–Crippen MR) is 513 cm³/mol. The van der Waals surface area contributed by atoms with Crippen LogP contribution in [0.3, 0.4) is 0 Å². The summed E-state index contributed by atoms with van der Waals surface area (Å²) in [6.07, 6.45) is 6.81. The zero-order valence-corrected chi connectivity index (χ0v) is 85.5. The Morgan fingerprint density at radius 3 is 0.872 bits per heavy atom. The summed E-state index contributed by atoms with van der Waals surface area (Å²) in [5.74, 6) is 1.83. The van der Waals surface area contributed by atoms with Crippen LogP contribution in [0, 0.1) is 11.8 Å². The summed E-state index contributed by atoms with van der Waals surface area (Å²) in [6.45, 7) is 85.3. The van der Waals surface area contributed by atoms with E-state index in [1.807, 2.05) is 117 Å². The molecule has 31 nitrogen and oxygen atoms in total. The smallest absolute Gasteiger partial charge is 0.320 e. The number of urea groups is 6. The first-order chi connectivity index (χ1) is 58.7. The van der Waals surface area contributed by atoms with E-state index in [1.165, 1.54) is 25.7 Å². The number of rotatable bonds is 19.